The quantitative estimate of drug-likeness (QED) is 0.0550. The zero-order chi connectivity index (χ0) is 47.0. The zero-order valence-electron chi connectivity index (χ0n) is 35.6. The van der Waals surface area contributed by atoms with Crippen LogP contribution >= 0.6 is 0 Å². The van der Waals surface area contributed by atoms with E-state index in [1.165, 1.54) is 24.7 Å². The second-order valence-electron chi connectivity index (χ2n) is 16.2. The Morgan fingerprint density at radius 2 is 1.58 bits per heavy atom. The summed E-state index contributed by atoms with van der Waals surface area (Å²) in [6.07, 6.45) is -16.6. The Labute approximate surface area is 365 Å². The average molecular weight is 916 g/mol. The van der Waals surface area contributed by atoms with Gasteiger partial charge in [-0.2, -0.15) is 4.98 Å². The van der Waals surface area contributed by atoms with Crippen LogP contribution in [0.25, 0.3) is 11.2 Å². The first-order chi connectivity index (χ1) is 30.4. The van der Waals surface area contributed by atoms with Gasteiger partial charge in [0.25, 0.3) is 11.5 Å². The van der Waals surface area contributed by atoms with Crippen molar-refractivity contribution in [3.63, 3.8) is 0 Å². The Balaban J connectivity index is 1.22. The topological polar surface area (TPSA) is 405 Å². The molecule has 26 nitrogen and oxygen atoms in total. The van der Waals surface area contributed by atoms with E-state index in [0.29, 0.717) is 6.42 Å². The smallest absolute Gasteiger partial charge is 0.280 e. The maximum absolute atomic E-state index is 13.7. The summed E-state index contributed by atoms with van der Waals surface area (Å²) in [7, 11) is 0. The van der Waals surface area contributed by atoms with Gasteiger partial charge in [-0.15, -0.1) is 0 Å². The van der Waals surface area contributed by atoms with Crippen LogP contribution in [0.1, 0.15) is 71.9 Å². The normalized spacial score (nSPS) is 32.7. The number of amides is 4. The number of aliphatic hydroxyl groups is 8. The van der Waals surface area contributed by atoms with Crippen molar-refractivity contribution >= 4 is 40.7 Å². The van der Waals surface area contributed by atoms with Crippen LogP contribution in [0.15, 0.2) is 11.1 Å². The minimum atomic E-state index is -1.85. The van der Waals surface area contributed by atoms with Crippen LogP contribution in [0, 0.1) is 0 Å². The van der Waals surface area contributed by atoms with Gasteiger partial charge < -0.3 is 86.8 Å². The number of aromatic amines is 1. The Morgan fingerprint density at radius 3 is 2.27 bits per heavy atom. The highest BCUT2D eigenvalue weighted by atomic mass is 16.7. The lowest BCUT2D eigenvalue weighted by Gasteiger charge is -2.43. The summed E-state index contributed by atoms with van der Waals surface area (Å²) in [5.74, 6) is -3.16. The van der Waals surface area contributed by atoms with E-state index in [4.69, 9.17) is 24.7 Å². The first-order valence-electron chi connectivity index (χ1n) is 21.2. The molecule has 26 heteroatoms. The van der Waals surface area contributed by atoms with Crippen molar-refractivity contribution in [2.24, 2.45) is 0 Å². The maximum atomic E-state index is 13.7. The number of hydrogen-bond donors (Lipinski definition) is 14. The second-order valence-corrected chi connectivity index (χ2v) is 16.2. The zero-order valence-corrected chi connectivity index (χ0v) is 35.6. The van der Waals surface area contributed by atoms with E-state index in [2.05, 4.69) is 36.2 Å². The number of nitrogens with one attached hydrogen (secondary N) is 5. The van der Waals surface area contributed by atoms with Gasteiger partial charge in [-0.25, -0.2) is 4.98 Å². The fourth-order valence-electron chi connectivity index (χ4n) is 7.76. The number of rotatable bonds is 20. The van der Waals surface area contributed by atoms with Crippen LogP contribution in [-0.4, -0.2) is 195 Å². The molecule has 4 amide bonds. The SMILES string of the molecule is CCCCCC(O[C@@H]1O[C@H](CO)[C@@H](O)[C@H](O)[C@H]1NC(C)=O)C(=O)NCCCC[C@H](NC(=O)[C@H]1O[C@@H](C)[C@@H](O)[C@@H](O)[C@@H]1O)C(=O)NC[C@H]1O[C@@H](n2cnc3c(=O)[nH]c(N)nc32)[C@H](O)[C@@H]1O. The fraction of sp³-hybridized carbons (Fsp3) is 0.763. The van der Waals surface area contributed by atoms with Crippen molar-refractivity contribution in [2.45, 2.75) is 164 Å². The van der Waals surface area contributed by atoms with Crippen molar-refractivity contribution in [2.75, 3.05) is 25.4 Å². The number of carbonyl (C=O) groups is 4. The summed E-state index contributed by atoms with van der Waals surface area (Å²) in [5.41, 5.74) is 4.88. The van der Waals surface area contributed by atoms with Crippen LogP contribution in [0.5, 0.6) is 0 Å². The molecule has 0 aliphatic carbocycles. The van der Waals surface area contributed by atoms with Gasteiger partial charge in [0.15, 0.2) is 29.8 Å². The fourth-order valence-corrected chi connectivity index (χ4v) is 7.76. The summed E-state index contributed by atoms with van der Waals surface area (Å²) in [6, 6.07) is -2.61. The second kappa shape index (κ2) is 22.6. The minimum Gasteiger partial charge on any atom is -0.394 e. The number of ether oxygens (including phenoxy) is 4. The largest absolute Gasteiger partial charge is 0.394 e. The number of aliphatic hydroxyl groups excluding tert-OH is 8. The van der Waals surface area contributed by atoms with Gasteiger partial charge in [0.2, 0.25) is 23.7 Å². The number of hydrogen-bond acceptors (Lipinski definition) is 20. The maximum Gasteiger partial charge on any atom is 0.280 e. The summed E-state index contributed by atoms with van der Waals surface area (Å²) in [5, 5.41) is 93.8. The molecule has 16 atom stereocenters. The van der Waals surface area contributed by atoms with Crippen LogP contribution in [0.2, 0.25) is 0 Å². The van der Waals surface area contributed by atoms with Gasteiger partial charge >= 0.3 is 0 Å². The molecule has 3 fully saturated rings. The highest BCUT2D eigenvalue weighted by Gasteiger charge is 2.48. The predicted octanol–water partition coefficient (Wildman–Crippen LogP) is -6.01. The third kappa shape index (κ3) is 11.9. The van der Waals surface area contributed by atoms with Gasteiger partial charge in [0.1, 0.15) is 73.1 Å². The van der Waals surface area contributed by atoms with E-state index in [1.54, 1.807) is 0 Å². The van der Waals surface area contributed by atoms with Gasteiger partial charge in [0, 0.05) is 20.0 Å². The molecule has 3 aliphatic heterocycles. The molecule has 0 saturated carbocycles. The molecule has 15 N–H and O–H groups in total. The number of nitrogens with zero attached hydrogens (tertiary/aromatic N) is 3. The molecular weight excluding hydrogens is 854 g/mol. The molecular formula is C38H61N9O17. The van der Waals surface area contributed by atoms with Gasteiger partial charge in [-0.3, -0.25) is 33.5 Å². The van der Waals surface area contributed by atoms with Crippen molar-refractivity contribution in [1.82, 2.24) is 40.8 Å². The molecule has 3 aliphatic rings. The van der Waals surface area contributed by atoms with E-state index in [1.807, 2.05) is 6.92 Å². The van der Waals surface area contributed by atoms with Gasteiger partial charge in [-0.1, -0.05) is 26.2 Å². The lowest BCUT2D eigenvalue weighted by Crippen LogP contribution is -2.65. The lowest BCUT2D eigenvalue weighted by molar-refractivity contribution is -0.279. The van der Waals surface area contributed by atoms with Crippen molar-refractivity contribution in [3.8, 4) is 0 Å². The minimum absolute atomic E-state index is 0.0367. The number of H-pyrrole nitrogens is 1. The van der Waals surface area contributed by atoms with Crippen molar-refractivity contribution in [3.05, 3.63) is 16.7 Å². The Bertz CT molecular complexity index is 1960. The van der Waals surface area contributed by atoms with E-state index in [0.717, 1.165) is 12.8 Å². The molecule has 2 aromatic heterocycles. The number of imidazole rings is 1. The first-order valence-corrected chi connectivity index (χ1v) is 21.2. The number of fused-ring (bicyclic) bond motifs is 1. The van der Waals surface area contributed by atoms with E-state index in [9.17, 15) is 64.8 Å². The van der Waals surface area contributed by atoms with Crippen LogP contribution in [-0.2, 0) is 38.1 Å². The molecule has 3 saturated heterocycles. The molecule has 5 heterocycles. The number of anilines is 1. The number of nitrogens with two attached hydrogens (primary N) is 1. The Hall–Kier alpha value is -4.45. The highest BCUT2D eigenvalue weighted by molar-refractivity contribution is 5.89. The Morgan fingerprint density at radius 1 is 0.875 bits per heavy atom. The monoisotopic (exact) mass is 915 g/mol. The standard InChI is InChI=1S/C38H61N9O17/c1-4-5-6-10-18(63-37-21(43-16(3)49)26(53)25(52)20(13-48)64-37)33(58)40-11-8-7-9-17(44-35(60)30-28(55)27(54)23(50)15(2)61-30)32(57)41-12-19-24(51)29(56)36(62-19)47-14-42-22-31(47)45-38(39)46-34(22)59/h14-15,17-21,23-30,36-37,48,50-56H,4-13H2,1-3H3,(H,40,58)(H,41,57)(H,43,49)(H,44,60)(H3,39,45,46,59)/t15-,17-,18?,19+,20+,21+,23+,24+,25+,26+,27+,28-,29+,30-,36+,37+/m0/s1. The van der Waals surface area contributed by atoms with Crippen molar-refractivity contribution in [1.29, 1.82) is 0 Å². The van der Waals surface area contributed by atoms with Crippen molar-refractivity contribution < 1.29 is 79.0 Å². The van der Waals surface area contributed by atoms with E-state index < -0.39 is 140 Å². The van der Waals surface area contributed by atoms with Gasteiger partial charge in [0.05, 0.1) is 19.0 Å². The third-order valence-electron chi connectivity index (χ3n) is 11.4. The summed E-state index contributed by atoms with van der Waals surface area (Å²) in [6.45, 7) is 3.48. The Kier molecular flexibility index (Phi) is 17.9. The molecule has 0 aromatic carbocycles. The number of unbranched alkanes of at least 4 members (excludes halogenated alkanes) is 3. The van der Waals surface area contributed by atoms with Crippen LogP contribution in [0.4, 0.5) is 5.95 Å². The molecule has 64 heavy (non-hydrogen) atoms. The lowest BCUT2D eigenvalue weighted by atomic mass is 9.95. The van der Waals surface area contributed by atoms with Crippen LogP contribution in [0.3, 0.4) is 0 Å². The molecule has 1 unspecified atom stereocenters. The molecule has 2 aromatic rings. The molecule has 0 bridgehead atoms. The third-order valence-corrected chi connectivity index (χ3v) is 11.4. The first kappa shape index (κ1) is 50.5. The average Bonchev–Trinajstić information content (AvgIpc) is 3.80. The summed E-state index contributed by atoms with van der Waals surface area (Å²) < 4.78 is 24.2. The molecule has 5 rings (SSSR count). The summed E-state index contributed by atoms with van der Waals surface area (Å²) >= 11 is 0. The number of aromatic nitrogens is 4. The summed E-state index contributed by atoms with van der Waals surface area (Å²) in [4.78, 5) is 75.2. The van der Waals surface area contributed by atoms with E-state index in [-0.39, 0.29) is 49.3 Å². The predicted molar refractivity (Wildman–Crippen MR) is 217 cm³/mol. The number of nitrogen functional groups attached to an aromatic ring is 1. The number of carbonyl (C=O) groups excluding carboxylic acids is 4. The molecule has 360 valence electrons. The highest BCUT2D eigenvalue weighted by Crippen LogP contribution is 2.31. The van der Waals surface area contributed by atoms with E-state index >= 15 is 0 Å². The van der Waals surface area contributed by atoms with Crippen LogP contribution < -0.4 is 32.6 Å². The van der Waals surface area contributed by atoms with Gasteiger partial charge in [-0.05, 0) is 32.6 Å². The molecule has 0 radical (unpaired) electrons. The molecule has 0 spiro atoms.